The number of rotatable bonds is 10. The number of hydrogen-bond acceptors (Lipinski definition) is 4. The second kappa shape index (κ2) is 10.6. The first-order valence-corrected chi connectivity index (χ1v) is 8.67. The van der Waals surface area contributed by atoms with Crippen molar-refractivity contribution in [3.05, 3.63) is 11.8 Å². The van der Waals surface area contributed by atoms with Crippen molar-refractivity contribution >= 4 is 6.41 Å². The van der Waals surface area contributed by atoms with Crippen molar-refractivity contribution in [3.63, 3.8) is 0 Å². The Morgan fingerprint density at radius 1 is 1.36 bits per heavy atom. The van der Waals surface area contributed by atoms with Crippen LogP contribution in [0.3, 0.4) is 0 Å². The van der Waals surface area contributed by atoms with Gasteiger partial charge >= 0.3 is 0 Å². The fourth-order valence-electron chi connectivity index (χ4n) is 2.94. The van der Waals surface area contributed by atoms with Crippen molar-refractivity contribution in [3.8, 4) is 0 Å². The normalized spacial score (nSPS) is 18.6. The SMILES string of the molecule is CC/C=C(\CNC1CCN(C=O)CC1)NC(CN)CC(C)C. The second-order valence-corrected chi connectivity index (χ2v) is 6.64. The zero-order chi connectivity index (χ0) is 16.4. The van der Waals surface area contributed by atoms with E-state index >= 15 is 0 Å². The number of piperidine rings is 1. The number of hydrogen-bond donors (Lipinski definition) is 3. The number of carbonyl (C=O) groups excluding carboxylic acids is 1. The van der Waals surface area contributed by atoms with Crippen LogP contribution in [0.15, 0.2) is 11.8 Å². The van der Waals surface area contributed by atoms with Crippen LogP contribution in [-0.2, 0) is 4.79 Å². The molecule has 0 bridgehead atoms. The minimum Gasteiger partial charge on any atom is -0.384 e. The molecule has 1 heterocycles. The van der Waals surface area contributed by atoms with Crippen molar-refractivity contribution in [1.29, 1.82) is 0 Å². The van der Waals surface area contributed by atoms with Crippen molar-refractivity contribution in [2.45, 2.75) is 58.5 Å². The number of amides is 1. The van der Waals surface area contributed by atoms with Crippen molar-refractivity contribution in [2.75, 3.05) is 26.2 Å². The van der Waals surface area contributed by atoms with Gasteiger partial charge in [0.15, 0.2) is 0 Å². The van der Waals surface area contributed by atoms with Crippen LogP contribution in [-0.4, -0.2) is 49.6 Å². The maximum atomic E-state index is 10.7. The van der Waals surface area contributed by atoms with E-state index in [1.54, 1.807) is 0 Å². The summed E-state index contributed by atoms with van der Waals surface area (Å²) in [5.41, 5.74) is 7.13. The third kappa shape index (κ3) is 7.27. The van der Waals surface area contributed by atoms with Crippen LogP contribution < -0.4 is 16.4 Å². The Morgan fingerprint density at radius 3 is 2.55 bits per heavy atom. The van der Waals surface area contributed by atoms with Crippen LogP contribution in [0, 0.1) is 5.92 Å². The predicted octanol–water partition coefficient (Wildman–Crippen LogP) is 1.45. The van der Waals surface area contributed by atoms with E-state index < -0.39 is 0 Å². The number of nitrogens with one attached hydrogen (secondary N) is 2. The fraction of sp³-hybridized carbons (Fsp3) is 0.824. The molecule has 1 saturated heterocycles. The summed E-state index contributed by atoms with van der Waals surface area (Å²) in [6, 6.07) is 0.844. The number of nitrogens with two attached hydrogens (primary N) is 1. The molecule has 128 valence electrons. The zero-order valence-corrected chi connectivity index (χ0v) is 14.5. The molecule has 4 N–H and O–H groups in total. The molecule has 0 spiro atoms. The summed E-state index contributed by atoms with van der Waals surface area (Å²) in [5, 5.41) is 7.22. The molecule has 5 nitrogen and oxygen atoms in total. The van der Waals surface area contributed by atoms with E-state index in [-0.39, 0.29) is 0 Å². The Labute approximate surface area is 135 Å². The second-order valence-electron chi connectivity index (χ2n) is 6.64. The molecular formula is C17H34N4O. The maximum Gasteiger partial charge on any atom is 0.209 e. The number of likely N-dealkylation sites (tertiary alicyclic amines) is 1. The Balaban J connectivity index is 2.41. The molecule has 0 radical (unpaired) electrons. The highest BCUT2D eigenvalue weighted by Crippen LogP contribution is 2.10. The molecule has 1 rings (SSSR count). The molecular weight excluding hydrogens is 276 g/mol. The van der Waals surface area contributed by atoms with Gasteiger partial charge in [-0.2, -0.15) is 0 Å². The lowest BCUT2D eigenvalue weighted by molar-refractivity contribution is -0.119. The van der Waals surface area contributed by atoms with Gasteiger partial charge in [-0.25, -0.2) is 0 Å². The summed E-state index contributed by atoms with van der Waals surface area (Å²) in [4.78, 5) is 12.6. The number of allylic oxidation sites excluding steroid dienone is 1. The topological polar surface area (TPSA) is 70.4 Å². The van der Waals surface area contributed by atoms with Gasteiger partial charge in [-0.15, -0.1) is 0 Å². The summed E-state index contributed by atoms with van der Waals surface area (Å²) < 4.78 is 0. The number of nitrogens with zero attached hydrogens (tertiary/aromatic N) is 1. The van der Waals surface area contributed by atoms with Crippen molar-refractivity contribution in [2.24, 2.45) is 11.7 Å². The minimum atomic E-state index is 0.344. The smallest absolute Gasteiger partial charge is 0.209 e. The molecule has 0 aromatic rings. The molecule has 1 amide bonds. The van der Waals surface area contributed by atoms with Gasteiger partial charge < -0.3 is 21.3 Å². The summed E-state index contributed by atoms with van der Waals surface area (Å²) in [6.07, 6.45) is 7.38. The van der Waals surface area contributed by atoms with E-state index in [0.29, 0.717) is 24.5 Å². The summed E-state index contributed by atoms with van der Waals surface area (Å²) in [6.45, 7) is 9.86. The van der Waals surface area contributed by atoms with Gasteiger partial charge in [0.1, 0.15) is 0 Å². The van der Waals surface area contributed by atoms with Gasteiger partial charge in [0.2, 0.25) is 6.41 Å². The van der Waals surface area contributed by atoms with Gasteiger partial charge in [-0.1, -0.05) is 26.8 Å². The Bertz CT molecular complexity index is 336. The highest BCUT2D eigenvalue weighted by Gasteiger charge is 2.18. The average molecular weight is 310 g/mol. The van der Waals surface area contributed by atoms with Gasteiger partial charge in [0.05, 0.1) is 0 Å². The average Bonchev–Trinajstić information content (AvgIpc) is 2.52. The molecule has 5 heteroatoms. The third-order valence-corrected chi connectivity index (χ3v) is 4.14. The van der Waals surface area contributed by atoms with Gasteiger partial charge in [-0.3, -0.25) is 4.79 Å². The first-order chi connectivity index (χ1) is 10.6. The molecule has 1 unspecified atom stereocenters. The van der Waals surface area contributed by atoms with Crippen molar-refractivity contribution < 1.29 is 4.79 Å². The highest BCUT2D eigenvalue weighted by atomic mass is 16.1. The monoisotopic (exact) mass is 310 g/mol. The van der Waals surface area contributed by atoms with E-state index in [4.69, 9.17) is 5.73 Å². The summed E-state index contributed by atoms with van der Waals surface area (Å²) in [5.74, 6) is 0.643. The molecule has 0 aromatic carbocycles. The lowest BCUT2D eigenvalue weighted by atomic mass is 10.0. The van der Waals surface area contributed by atoms with Gasteiger partial charge in [0, 0.05) is 44.0 Å². The molecule has 0 saturated carbocycles. The molecule has 1 aliphatic heterocycles. The maximum absolute atomic E-state index is 10.7. The van der Waals surface area contributed by atoms with Crippen LogP contribution in [0.2, 0.25) is 0 Å². The summed E-state index contributed by atoms with van der Waals surface area (Å²) >= 11 is 0. The highest BCUT2D eigenvalue weighted by molar-refractivity contribution is 5.47. The van der Waals surface area contributed by atoms with E-state index in [0.717, 1.165) is 51.7 Å². The van der Waals surface area contributed by atoms with Gasteiger partial charge in [0.25, 0.3) is 0 Å². The Morgan fingerprint density at radius 2 is 2.05 bits per heavy atom. The van der Waals surface area contributed by atoms with Crippen LogP contribution in [0.25, 0.3) is 0 Å². The molecule has 0 aliphatic carbocycles. The molecule has 1 fully saturated rings. The lowest BCUT2D eigenvalue weighted by Gasteiger charge is -2.30. The van der Waals surface area contributed by atoms with Gasteiger partial charge in [-0.05, 0) is 31.6 Å². The summed E-state index contributed by atoms with van der Waals surface area (Å²) in [7, 11) is 0. The van der Waals surface area contributed by atoms with E-state index in [9.17, 15) is 4.79 Å². The largest absolute Gasteiger partial charge is 0.384 e. The first kappa shape index (κ1) is 19.0. The first-order valence-electron chi connectivity index (χ1n) is 8.67. The predicted molar refractivity (Wildman–Crippen MR) is 92.5 cm³/mol. The van der Waals surface area contributed by atoms with E-state index in [1.165, 1.54) is 5.70 Å². The molecule has 1 atom stereocenters. The molecule has 1 aliphatic rings. The quantitative estimate of drug-likeness (QED) is 0.534. The Hall–Kier alpha value is -1.07. The van der Waals surface area contributed by atoms with Crippen molar-refractivity contribution in [1.82, 2.24) is 15.5 Å². The van der Waals surface area contributed by atoms with Crippen LogP contribution >= 0.6 is 0 Å². The van der Waals surface area contributed by atoms with Crippen LogP contribution in [0.1, 0.15) is 46.5 Å². The lowest BCUT2D eigenvalue weighted by Crippen LogP contribution is -2.45. The van der Waals surface area contributed by atoms with Crippen LogP contribution in [0.4, 0.5) is 0 Å². The molecule has 22 heavy (non-hydrogen) atoms. The van der Waals surface area contributed by atoms with E-state index in [2.05, 4.69) is 37.5 Å². The standard InChI is InChI=1S/C17H34N4O/c1-4-5-16(20-17(11-18)10-14(2)3)12-19-15-6-8-21(13-22)9-7-15/h5,13-15,17,19-20H,4,6-12,18H2,1-3H3/b16-5+. The third-order valence-electron chi connectivity index (χ3n) is 4.14. The Kier molecular flexibility index (Phi) is 9.16. The number of carbonyl (C=O) groups is 1. The fourth-order valence-corrected chi connectivity index (χ4v) is 2.94. The zero-order valence-electron chi connectivity index (χ0n) is 14.5. The van der Waals surface area contributed by atoms with E-state index in [1.807, 2.05) is 4.90 Å². The minimum absolute atomic E-state index is 0.344. The molecule has 0 aromatic heterocycles. The van der Waals surface area contributed by atoms with Crippen LogP contribution in [0.5, 0.6) is 0 Å².